The minimum Gasteiger partial charge on any atom is -0.508 e. The van der Waals surface area contributed by atoms with Gasteiger partial charge in [-0.15, -0.1) is 0 Å². The third kappa shape index (κ3) is 9.49. The van der Waals surface area contributed by atoms with E-state index in [1.807, 2.05) is 6.07 Å². The fourth-order valence-corrected chi connectivity index (χ4v) is 9.26. The molecule has 0 aliphatic carbocycles. The van der Waals surface area contributed by atoms with Gasteiger partial charge in [-0.25, -0.2) is 4.39 Å². The summed E-state index contributed by atoms with van der Waals surface area (Å²) in [6.45, 7) is -1.62. The highest BCUT2D eigenvalue weighted by atomic mass is 32.2. The van der Waals surface area contributed by atoms with Gasteiger partial charge in [-0.3, -0.25) is 4.79 Å². The number of para-hydroxylation sites is 1. The van der Waals surface area contributed by atoms with Crippen molar-refractivity contribution in [2.45, 2.75) is 86.2 Å². The van der Waals surface area contributed by atoms with Crippen LogP contribution in [0.3, 0.4) is 0 Å². The topological polar surface area (TPSA) is 273 Å². The second kappa shape index (κ2) is 19.0. The molecule has 19 heteroatoms. The average Bonchev–Trinajstić information content (AvgIpc) is 3.26. The average molecular weight is 886 g/mol. The maximum atomic E-state index is 13.5. The highest BCUT2D eigenvalue weighted by molar-refractivity contribution is 7.87. The summed E-state index contributed by atoms with van der Waals surface area (Å²) in [7, 11) is -4.54. The van der Waals surface area contributed by atoms with Crippen LogP contribution in [0.5, 0.6) is 11.5 Å². The molecule has 4 aromatic rings. The van der Waals surface area contributed by atoms with Gasteiger partial charge < -0.3 is 69.3 Å². The smallest absolute Gasteiger partial charge is 0.311 e. The maximum Gasteiger partial charge on any atom is 0.311 e. The van der Waals surface area contributed by atoms with Gasteiger partial charge in [0.15, 0.2) is 6.29 Å². The van der Waals surface area contributed by atoms with Gasteiger partial charge in [0, 0.05) is 11.3 Å². The minimum atomic E-state index is -4.54. The van der Waals surface area contributed by atoms with Crippen LogP contribution in [0.4, 0.5) is 10.1 Å². The van der Waals surface area contributed by atoms with Crippen LogP contribution in [-0.2, 0) is 29.1 Å². The standard InChI is InChI=1S/C43H48FNO16S/c44-25-11-6-23(7-12-25)30(48)17-16-29-35(45(42(29)55)26-4-2-1-3-5-26)28-15-10-24(18-31(28)49)22-8-13-27(14-9-22)61-62(56,57)21-34-37(51)39(53)41(33(20-47)58-34)60-43-40(54)38(52)36(50)32(19-46)59-43/h1-15,18,29-30,32-41,43,46-54H,16-17,19-21H2/t29-,30?,32?,33?,34?,35?,36?,37?,38?,39?,40?,41?,43?/m1/s1. The molecule has 334 valence electrons. The Morgan fingerprint density at radius 2 is 1.39 bits per heavy atom. The van der Waals surface area contributed by atoms with Crippen molar-refractivity contribution in [2.75, 3.05) is 23.9 Å². The molecule has 3 aliphatic rings. The zero-order valence-corrected chi connectivity index (χ0v) is 33.7. The van der Waals surface area contributed by atoms with Crippen LogP contribution in [0, 0.1) is 11.7 Å². The second-order valence-corrected chi connectivity index (χ2v) is 17.1. The monoisotopic (exact) mass is 885 g/mol. The molecule has 0 aromatic heterocycles. The van der Waals surface area contributed by atoms with Crippen LogP contribution in [0.25, 0.3) is 11.1 Å². The van der Waals surface area contributed by atoms with E-state index in [4.69, 9.17) is 18.4 Å². The molecule has 3 heterocycles. The van der Waals surface area contributed by atoms with Crippen LogP contribution in [0.2, 0.25) is 0 Å². The Labute approximate surface area is 355 Å². The summed E-state index contributed by atoms with van der Waals surface area (Å²) in [5.41, 5.74) is 2.72. The van der Waals surface area contributed by atoms with Crippen LogP contribution in [0.1, 0.15) is 36.1 Å². The van der Waals surface area contributed by atoms with Crippen molar-refractivity contribution in [1.29, 1.82) is 0 Å². The Bertz CT molecular complexity index is 2250. The van der Waals surface area contributed by atoms with Gasteiger partial charge in [-0.05, 0) is 72.0 Å². The number of nitrogens with zero attached hydrogens (tertiary/aromatic N) is 1. The molecule has 3 saturated heterocycles. The van der Waals surface area contributed by atoms with E-state index in [-0.39, 0.29) is 30.2 Å². The molecule has 0 radical (unpaired) electrons. The molecule has 62 heavy (non-hydrogen) atoms. The number of aliphatic hydroxyl groups is 8. The van der Waals surface area contributed by atoms with Crippen LogP contribution >= 0.6 is 0 Å². The number of ether oxygens (including phenoxy) is 3. The normalized spacial score (nSPS) is 30.7. The zero-order chi connectivity index (χ0) is 44.5. The first-order chi connectivity index (χ1) is 29.6. The van der Waals surface area contributed by atoms with E-state index >= 15 is 0 Å². The fraction of sp³-hybridized carbons (Fsp3) is 0.419. The molecule has 17 nitrogen and oxygen atoms in total. The van der Waals surface area contributed by atoms with Gasteiger partial charge >= 0.3 is 10.1 Å². The van der Waals surface area contributed by atoms with Crippen molar-refractivity contribution in [1.82, 2.24) is 0 Å². The summed E-state index contributed by atoms with van der Waals surface area (Å²) in [6, 6.07) is 24.6. The zero-order valence-electron chi connectivity index (χ0n) is 32.9. The Morgan fingerprint density at radius 1 is 0.742 bits per heavy atom. The third-order valence-corrected chi connectivity index (χ3v) is 12.7. The molecular weight excluding hydrogens is 838 g/mol. The Balaban J connectivity index is 1.00. The third-order valence-electron chi connectivity index (χ3n) is 11.5. The van der Waals surface area contributed by atoms with E-state index in [1.54, 1.807) is 53.4 Å². The van der Waals surface area contributed by atoms with E-state index in [0.717, 1.165) is 0 Å². The van der Waals surface area contributed by atoms with Crippen molar-refractivity contribution in [3.63, 3.8) is 0 Å². The fourth-order valence-electron chi connectivity index (χ4n) is 8.11. The molecule has 3 aliphatic heterocycles. The van der Waals surface area contributed by atoms with Gasteiger partial charge in [-0.1, -0.05) is 54.6 Å². The molecular formula is C43H48FNO16S. The van der Waals surface area contributed by atoms with Gasteiger partial charge in [0.25, 0.3) is 0 Å². The van der Waals surface area contributed by atoms with E-state index in [0.29, 0.717) is 27.9 Å². The molecule has 4 aromatic carbocycles. The number of aromatic hydroxyl groups is 1. The largest absolute Gasteiger partial charge is 0.508 e. The SMILES string of the molecule is O=C1[C@H](CCC(O)c2ccc(F)cc2)C(c2ccc(-c3ccc(OS(=O)(=O)CC4OC(CO)C(OC5OC(CO)C(O)C(O)C5O)C(O)C4O)cc3)cc2O)N1c1ccccc1. The second-order valence-electron chi connectivity index (χ2n) is 15.5. The van der Waals surface area contributed by atoms with Gasteiger partial charge in [0.1, 0.15) is 78.0 Å². The lowest BCUT2D eigenvalue weighted by atomic mass is 9.77. The van der Waals surface area contributed by atoms with E-state index < -0.39 is 114 Å². The molecule has 0 saturated carbocycles. The molecule has 13 atom stereocenters. The number of phenolic OH excluding ortho intramolecular Hbond substituents is 1. The van der Waals surface area contributed by atoms with Crippen molar-refractivity contribution in [3.05, 3.63) is 114 Å². The Hall–Kier alpha value is -4.61. The van der Waals surface area contributed by atoms with E-state index in [2.05, 4.69) is 0 Å². The number of β-lactam (4-membered cyclic amide) rings is 1. The number of hydrogen-bond donors (Lipinski definition) is 9. The molecule has 7 rings (SSSR count). The van der Waals surface area contributed by atoms with Crippen LogP contribution in [-0.4, -0.2) is 140 Å². The van der Waals surface area contributed by atoms with Crippen molar-refractivity contribution in [2.24, 2.45) is 5.92 Å². The summed E-state index contributed by atoms with van der Waals surface area (Å²) >= 11 is 0. The van der Waals surface area contributed by atoms with Crippen molar-refractivity contribution >= 4 is 21.7 Å². The van der Waals surface area contributed by atoms with Gasteiger partial charge in [-0.2, -0.15) is 8.42 Å². The first-order valence-corrected chi connectivity index (χ1v) is 21.4. The van der Waals surface area contributed by atoms with Gasteiger partial charge in [0.05, 0.1) is 31.3 Å². The summed E-state index contributed by atoms with van der Waals surface area (Å²) in [5.74, 6) is -2.41. The Morgan fingerprint density at radius 3 is 2.03 bits per heavy atom. The van der Waals surface area contributed by atoms with Crippen LogP contribution < -0.4 is 9.08 Å². The van der Waals surface area contributed by atoms with E-state index in [9.17, 15) is 63.6 Å². The number of rotatable bonds is 15. The molecule has 1 amide bonds. The maximum absolute atomic E-state index is 13.5. The lowest BCUT2D eigenvalue weighted by Crippen LogP contribution is -2.65. The number of benzene rings is 4. The first-order valence-electron chi connectivity index (χ1n) is 19.9. The first kappa shape index (κ1) is 45.4. The summed E-state index contributed by atoms with van der Waals surface area (Å²) in [5, 5.41) is 93.9. The van der Waals surface area contributed by atoms with Gasteiger partial charge in [0.2, 0.25) is 5.91 Å². The number of halogens is 1. The number of phenols is 1. The highest BCUT2D eigenvalue weighted by Gasteiger charge is 2.52. The summed E-state index contributed by atoms with van der Waals surface area (Å²) in [4.78, 5) is 15.1. The lowest BCUT2D eigenvalue weighted by Gasteiger charge is -2.48. The number of hydrogen-bond acceptors (Lipinski definition) is 16. The Kier molecular flexibility index (Phi) is 13.9. The highest BCUT2D eigenvalue weighted by Crippen LogP contribution is 2.49. The number of carbonyl (C=O) groups is 1. The number of carbonyl (C=O) groups excluding carboxylic acids is 1. The van der Waals surface area contributed by atoms with Crippen molar-refractivity contribution < 1.29 is 82.0 Å². The van der Waals surface area contributed by atoms with E-state index in [1.165, 1.54) is 42.5 Å². The quantitative estimate of drug-likeness (QED) is 0.0590. The molecule has 3 fully saturated rings. The number of amides is 1. The summed E-state index contributed by atoms with van der Waals surface area (Å²) < 4.78 is 61.4. The van der Waals surface area contributed by atoms with Crippen LogP contribution in [0.15, 0.2) is 97.1 Å². The molecule has 9 N–H and O–H groups in total. The summed E-state index contributed by atoms with van der Waals surface area (Å²) in [6.07, 6.45) is -17.5. The number of anilines is 1. The molecule has 12 unspecified atom stereocenters. The molecule has 0 bridgehead atoms. The predicted molar refractivity (Wildman–Crippen MR) is 215 cm³/mol. The number of aliphatic hydroxyl groups excluding tert-OH is 8. The lowest BCUT2D eigenvalue weighted by molar-refractivity contribution is -0.341. The predicted octanol–water partition coefficient (Wildman–Crippen LogP) is 0.791. The van der Waals surface area contributed by atoms with Crippen molar-refractivity contribution in [3.8, 4) is 22.6 Å². The molecule has 0 spiro atoms. The minimum absolute atomic E-state index is 0.108.